The molecule has 1 amide bonds. The van der Waals surface area contributed by atoms with Gasteiger partial charge in [0.2, 0.25) is 5.91 Å². The van der Waals surface area contributed by atoms with E-state index >= 15 is 0 Å². The van der Waals surface area contributed by atoms with E-state index < -0.39 is 33.7 Å². The zero-order valence-corrected chi connectivity index (χ0v) is 11.4. The predicted molar refractivity (Wildman–Crippen MR) is 66.7 cm³/mol. The molecule has 0 aromatic rings. The molecule has 7 nitrogen and oxygen atoms in total. The van der Waals surface area contributed by atoms with Crippen LogP contribution < -0.4 is 11.1 Å². The third kappa shape index (κ3) is 7.23. The maximum absolute atomic E-state index is 11.6. The molecule has 0 saturated heterocycles. The minimum absolute atomic E-state index is 0.144. The Hall–Kier alpha value is -1.15. The summed E-state index contributed by atoms with van der Waals surface area (Å²) in [6.07, 6.45) is 1.32. The van der Waals surface area contributed by atoms with Gasteiger partial charge in [-0.2, -0.15) is 0 Å². The zero-order valence-electron chi connectivity index (χ0n) is 10.5. The molecule has 2 unspecified atom stereocenters. The van der Waals surface area contributed by atoms with Gasteiger partial charge in [0.1, 0.15) is 15.9 Å². The van der Waals surface area contributed by atoms with Crippen LogP contribution in [-0.4, -0.2) is 50.0 Å². The number of rotatable bonds is 8. The molecule has 18 heavy (non-hydrogen) atoms. The van der Waals surface area contributed by atoms with Crippen LogP contribution in [0.3, 0.4) is 0 Å². The highest BCUT2D eigenvalue weighted by molar-refractivity contribution is 7.90. The highest BCUT2D eigenvalue weighted by atomic mass is 32.2. The largest absolute Gasteiger partial charge is 0.480 e. The first kappa shape index (κ1) is 16.9. The third-order valence-electron chi connectivity index (χ3n) is 2.44. The Balaban J connectivity index is 4.45. The van der Waals surface area contributed by atoms with Gasteiger partial charge in [-0.1, -0.05) is 6.92 Å². The van der Waals surface area contributed by atoms with Gasteiger partial charge < -0.3 is 16.2 Å². The molecule has 0 radical (unpaired) electrons. The molecule has 0 aliphatic rings. The SMILES string of the molecule is CC(CCN)C(=O)NC(CCS(C)(=O)=O)C(=O)O. The molecule has 8 heteroatoms. The van der Waals surface area contributed by atoms with Gasteiger partial charge in [-0.15, -0.1) is 0 Å². The second-order valence-corrected chi connectivity index (χ2v) is 6.56. The predicted octanol–water partition coefficient (Wildman–Crippen LogP) is -1.02. The fraction of sp³-hybridized carbons (Fsp3) is 0.800. The van der Waals surface area contributed by atoms with Crippen molar-refractivity contribution in [3.63, 3.8) is 0 Å². The summed E-state index contributed by atoms with van der Waals surface area (Å²) in [6, 6.07) is -1.19. The van der Waals surface area contributed by atoms with E-state index in [-0.39, 0.29) is 12.2 Å². The number of sulfone groups is 1. The Morgan fingerprint density at radius 2 is 1.89 bits per heavy atom. The van der Waals surface area contributed by atoms with Crippen LogP contribution in [0, 0.1) is 5.92 Å². The van der Waals surface area contributed by atoms with Crippen molar-refractivity contribution in [1.82, 2.24) is 5.32 Å². The van der Waals surface area contributed by atoms with E-state index in [9.17, 15) is 18.0 Å². The first-order valence-corrected chi connectivity index (χ1v) is 7.64. The standard InChI is InChI=1S/C10H20N2O5S/c1-7(3-5-11)9(13)12-8(10(14)15)4-6-18(2,16)17/h7-8H,3-6,11H2,1-2H3,(H,12,13)(H,14,15). The van der Waals surface area contributed by atoms with Gasteiger partial charge in [0.25, 0.3) is 0 Å². The van der Waals surface area contributed by atoms with Crippen LogP contribution >= 0.6 is 0 Å². The normalized spacial score (nSPS) is 14.8. The molecule has 0 fully saturated rings. The molecule has 0 heterocycles. The molecule has 0 aromatic carbocycles. The van der Waals surface area contributed by atoms with Crippen molar-refractivity contribution in [2.24, 2.45) is 11.7 Å². The number of nitrogens with two attached hydrogens (primary N) is 1. The maximum atomic E-state index is 11.6. The molecule has 0 aliphatic heterocycles. The van der Waals surface area contributed by atoms with Crippen molar-refractivity contribution in [2.45, 2.75) is 25.8 Å². The van der Waals surface area contributed by atoms with E-state index in [0.29, 0.717) is 13.0 Å². The van der Waals surface area contributed by atoms with Crippen LogP contribution in [0.2, 0.25) is 0 Å². The Morgan fingerprint density at radius 1 is 1.33 bits per heavy atom. The number of aliphatic carboxylic acids is 1. The Morgan fingerprint density at radius 3 is 2.28 bits per heavy atom. The van der Waals surface area contributed by atoms with Crippen LogP contribution in [0.25, 0.3) is 0 Å². The summed E-state index contributed by atoms with van der Waals surface area (Å²) >= 11 is 0. The average Bonchev–Trinajstić information content (AvgIpc) is 2.22. The minimum Gasteiger partial charge on any atom is -0.480 e. The summed E-state index contributed by atoms with van der Waals surface area (Å²) in [5, 5.41) is 11.2. The van der Waals surface area contributed by atoms with Crippen LogP contribution in [0.5, 0.6) is 0 Å². The Bertz CT molecular complexity index is 393. The van der Waals surface area contributed by atoms with Crippen molar-refractivity contribution in [3.05, 3.63) is 0 Å². The number of carboxylic acids is 1. The molecule has 4 N–H and O–H groups in total. The van der Waals surface area contributed by atoms with Crippen molar-refractivity contribution >= 4 is 21.7 Å². The summed E-state index contributed by atoms with van der Waals surface area (Å²) in [5.74, 6) is -2.35. The lowest BCUT2D eigenvalue weighted by Crippen LogP contribution is -2.44. The fourth-order valence-electron chi connectivity index (χ4n) is 1.28. The van der Waals surface area contributed by atoms with Crippen LogP contribution in [0.1, 0.15) is 19.8 Å². The van der Waals surface area contributed by atoms with E-state index in [4.69, 9.17) is 10.8 Å². The first-order valence-electron chi connectivity index (χ1n) is 5.58. The topological polar surface area (TPSA) is 127 Å². The Kier molecular flexibility index (Phi) is 6.85. The average molecular weight is 280 g/mol. The lowest BCUT2D eigenvalue weighted by molar-refractivity contribution is -0.142. The fourth-order valence-corrected chi connectivity index (χ4v) is 1.95. The van der Waals surface area contributed by atoms with Crippen molar-refractivity contribution in [2.75, 3.05) is 18.6 Å². The van der Waals surface area contributed by atoms with Crippen molar-refractivity contribution in [3.8, 4) is 0 Å². The monoisotopic (exact) mass is 280 g/mol. The van der Waals surface area contributed by atoms with Gasteiger partial charge in [0.15, 0.2) is 0 Å². The van der Waals surface area contributed by atoms with E-state index in [1.165, 1.54) is 0 Å². The van der Waals surface area contributed by atoms with Gasteiger partial charge in [-0.25, -0.2) is 13.2 Å². The number of hydrogen-bond donors (Lipinski definition) is 3. The molecule has 2 atom stereocenters. The number of amides is 1. The molecule has 0 saturated carbocycles. The number of carbonyl (C=O) groups excluding carboxylic acids is 1. The van der Waals surface area contributed by atoms with Crippen molar-refractivity contribution < 1.29 is 23.1 Å². The molecule has 0 bridgehead atoms. The summed E-state index contributed by atoms with van der Waals surface area (Å²) in [5.41, 5.74) is 5.30. The molecular formula is C10H20N2O5S. The highest BCUT2D eigenvalue weighted by Gasteiger charge is 2.23. The second-order valence-electron chi connectivity index (χ2n) is 4.30. The minimum atomic E-state index is -3.25. The molecule has 0 spiro atoms. The van der Waals surface area contributed by atoms with E-state index in [1.807, 2.05) is 0 Å². The summed E-state index contributed by atoms with van der Waals surface area (Å²) < 4.78 is 21.9. The van der Waals surface area contributed by atoms with Crippen LogP contribution in [-0.2, 0) is 19.4 Å². The molecule has 106 valence electrons. The first-order chi connectivity index (χ1) is 8.17. The summed E-state index contributed by atoms with van der Waals surface area (Å²) in [7, 11) is -3.25. The zero-order chi connectivity index (χ0) is 14.3. The third-order valence-corrected chi connectivity index (χ3v) is 3.42. The van der Waals surface area contributed by atoms with E-state index in [2.05, 4.69) is 5.32 Å². The number of carboxylic acid groups (broad SMARTS) is 1. The van der Waals surface area contributed by atoms with Gasteiger partial charge in [0.05, 0.1) is 5.75 Å². The lowest BCUT2D eigenvalue weighted by Gasteiger charge is -2.17. The molecule has 0 aliphatic carbocycles. The van der Waals surface area contributed by atoms with Gasteiger partial charge in [0, 0.05) is 12.2 Å². The summed E-state index contributed by atoms with van der Waals surface area (Å²) in [4.78, 5) is 22.5. The van der Waals surface area contributed by atoms with Gasteiger partial charge in [-0.05, 0) is 19.4 Å². The summed E-state index contributed by atoms with van der Waals surface area (Å²) in [6.45, 7) is 1.97. The molecule has 0 aromatic heterocycles. The Labute approximate surface area is 107 Å². The van der Waals surface area contributed by atoms with Gasteiger partial charge >= 0.3 is 5.97 Å². The van der Waals surface area contributed by atoms with E-state index in [0.717, 1.165) is 6.26 Å². The number of hydrogen-bond acceptors (Lipinski definition) is 5. The van der Waals surface area contributed by atoms with Crippen molar-refractivity contribution in [1.29, 1.82) is 0 Å². The maximum Gasteiger partial charge on any atom is 0.326 e. The van der Waals surface area contributed by atoms with Crippen LogP contribution in [0.15, 0.2) is 0 Å². The van der Waals surface area contributed by atoms with Crippen LogP contribution in [0.4, 0.5) is 0 Å². The lowest BCUT2D eigenvalue weighted by atomic mass is 10.1. The van der Waals surface area contributed by atoms with Gasteiger partial charge in [-0.3, -0.25) is 4.79 Å². The highest BCUT2D eigenvalue weighted by Crippen LogP contribution is 2.03. The number of carbonyl (C=O) groups is 2. The molecule has 0 rings (SSSR count). The second kappa shape index (κ2) is 7.32. The van der Waals surface area contributed by atoms with E-state index in [1.54, 1.807) is 6.92 Å². The molecular weight excluding hydrogens is 260 g/mol. The number of nitrogens with one attached hydrogen (secondary N) is 1. The quantitative estimate of drug-likeness (QED) is 0.522. The smallest absolute Gasteiger partial charge is 0.326 e.